The topological polar surface area (TPSA) is 62.2 Å². The lowest BCUT2D eigenvalue weighted by molar-refractivity contribution is 0.0695. The fraction of sp³-hybridized carbons (Fsp3) is 0.231. The van der Waals surface area contributed by atoms with E-state index in [9.17, 15) is 4.79 Å². The molecule has 0 aliphatic carbocycles. The number of carbonyl (C=O) groups is 1. The molecule has 18 heavy (non-hydrogen) atoms. The first-order valence-corrected chi connectivity index (χ1v) is 6.55. The molecule has 4 nitrogen and oxygen atoms in total. The molecule has 2 aromatic rings. The molecule has 0 spiro atoms. The predicted octanol–water partition coefficient (Wildman–Crippen LogP) is 2.17. The number of benzene rings is 1. The number of nitrogens with zero attached hydrogens (tertiary/aromatic N) is 1. The number of carboxylic acid groups (broad SMARTS) is 1. The second kappa shape index (κ2) is 6.28. The zero-order valence-electron chi connectivity index (χ0n) is 9.80. The van der Waals surface area contributed by atoms with Crippen LogP contribution in [0.5, 0.6) is 0 Å². The zero-order chi connectivity index (χ0) is 12.8. The molecule has 0 aliphatic heterocycles. The summed E-state index contributed by atoms with van der Waals surface area (Å²) < 4.78 is 0. The third-order valence-electron chi connectivity index (χ3n) is 2.58. The van der Waals surface area contributed by atoms with E-state index < -0.39 is 5.97 Å². The van der Waals surface area contributed by atoms with Gasteiger partial charge >= 0.3 is 5.97 Å². The molecule has 0 unspecified atom stereocenters. The highest BCUT2D eigenvalue weighted by Gasteiger charge is 2.08. The molecule has 0 atom stereocenters. The van der Waals surface area contributed by atoms with E-state index in [0.717, 1.165) is 23.7 Å². The molecule has 0 amide bonds. The number of aromatic carboxylic acids is 1. The summed E-state index contributed by atoms with van der Waals surface area (Å²) in [5, 5.41) is 15.3. The predicted molar refractivity (Wildman–Crippen MR) is 70.9 cm³/mol. The summed E-state index contributed by atoms with van der Waals surface area (Å²) in [6.45, 7) is 1.47. The van der Waals surface area contributed by atoms with Gasteiger partial charge in [-0.15, -0.1) is 11.3 Å². The fourth-order valence-corrected chi connectivity index (χ4v) is 2.29. The van der Waals surface area contributed by atoms with Gasteiger partial charge in [-0.05, 0) is 24.6 Å². The van der Waals surface area contributed by atoms with Gasteiger partial charge in [0.25, 0.3) is 0 Å². The molecule has 0 aliphatic rings. The van der Waals surface area contributed by atoms with Gasteiger partial charge in [0.15, 0.2) is 0 Å². The molecule has 0 saturated heterocycles. The molecule has 5 heteroatoms. The standard InChI is InChI=1S/C13H14N2O2S/c16-13(17)11-4-2-1-3-10(11)5-6-14-9-12-15-7-8-18-12/h1-4,7-8,14H,5-6,9H2,(H,16,17). The molecule has 2 rings (SSSR count). The van der Waals surface area contributed by atoms with Crippen molar-refractivity contribution >= 4 is 17.3 Å². The monoisotopic (exact) mass is 262 g/mol. The largest absolute Gasteiger partial charge is 0.478 e. The maximum atomic E-state index is 11.0. The van der Waals surface area contributed by atoms with Crippen LogP contribution >= 0.6 is 11.3 Å². The van der Waals surface area contributed by atoms with Crippen molar-refractivity contribution in [3.05, 3.63) is 52.0 Å². The number of thiazole rings is 1. The Hall–Kier alpha value is -1.72. The van der Waals surface area contributed by atoms with Gasteiger partial charge in [-0.3, -0.25) is 0 Å². The van der Waals surface area contributed by atoms with Crippen molar-refractivity contribution in [2.75, 3.05) is 6.54 Å². The molecular formula is C13H14N2O2S. The first kappa shape index (κ1) is 12.7. The van der Waals surface area contributed by atoms with Crippen molar-refractivity contribution < 1.29 is 9.90 Å². The highest BCUT2D eigenvalue weighted by atomic mass is 32.1. The molecule has 0 fully saturated rings. The first-order valence-electron chi connectivity index (χ1n) is 5.67. The Morgan fingerprint density at radius 3 is 2.94 bits per heavy atom. The molecular weight excluding hydrogens is 248 g/mol. The Bertz CT molecular complexity index is 511. The van der Waals surface area contributed by atoms with Crippen molar-refractivity contribution in [1.82, 2.24) is 10.3 Å². The van der Waals surface area contributed by atoms with Gasteiger partial charge in [0.2, 0.25) is 0 Å². The molecule has 94 valence electrons. The van der Waals surface area contributed by atoms with E-state index in [1.54, 1.807) is 29.7 Å². The van der Waals surface area contributed by atoms with Crippen LogP contribution in [0.2, 0.25) is 0 Å². The van der Waals surface area contributed by atoms with E-state index in [0.29, 0.717) is 12.0 Å². The highest BCUT2D eigenvalue weighted by Crippen LogP contribution is 2.09. The Morgan fingerprint density at radius 2 is 2.22 bits per heavy atom. The van der Waals surface area contributed by atoms with Crippen LogP contribution in [0.1, 0.15) is 20.9 Å². The van der Waals surface area contributed by atoms with Gasteiger partial charge in [0, 0.05) is 18.1 Å². The van der Waals surface area contributed by atoms with Crippen LogP contribution in [0.15, 0.2) is 35.8 Å². The molecule has 1 aromatic carbocycles. The average molecular weight is 262 g/mol. The number of hydrogen-bond donors (Lipinski definition) is 2. The number of rotatable bonds is 6. The van der Waals surface area contributed by atoms with Crippen molar-refractivity contribution in [2.24, 2.45) is 0 Å². The maximum Gasteiger partial charge on any atom is 0.335 e. The summed E-state index contributed by atoms with van der Waals surface area (Å²) in [4.78, 5) is 15.2. The van der Waals surface area contributed by atoms with E-state index in [1.165, 1.54) is 0 Å². The summed E-state index contributed by atoms with van der Waals surface area (Å²) in [7, 11) is 0. The normalized spacial score (nSPS) is 10.4. The molecule has 1 aromatic heterocycles. The van der Waals surface area contributed by atoms with Crippen molar-refractivity contribution in [2.45, 2.75) is 13.0 Å². The number of aromatic nitrogens is 1. The summed E-state index contributed by atoms with van der Waals surface area (Å²) in [6.07, 6.45) is 2.48. The number of hydrogen-bond acceptors (Lipinski definition) is 4. The third kappa shape index (κ3) is 3.38. The van der Waals surface area contributed by atoms with E-state index in [-0.39, 0.29) is 0 Å². The highest BCUT2D eigenvalue weighted by molar-refractivity contribution is 7.09. The minimum Gasteiger partial charge on any atom is -0.478 e. The lowest BCUT2D eigenvalue weighted by Gasteiger charge is -2.06. The van der Waals surface area contributed by atoms with Gasteiger partial charge in [-0.25, -0.2) is 9.78 Å². The number of carboxylic acids is 1. The Kier molecular flexibility index (Phi) is 4.44. The fourth-order valence-electron chi connectivity index (χ4n) is 1.71. The summed E-state index contributed by atoms with van der Waals surface area (Å²) in [5.41, 5.74) is 1.24. The lowest BCUT2D eigenvalue weighted by atomic mass is 10.0. The van der Waals surface area contributed by atoms with Crippen molar-refractivity contribution in [3.63, 3.8) is 0 Å². The third-order valence-corrected chi connectivity index (χ3v) is 3.36. The Balaban J connectivity index is 1.85. The van der Waals surface area contributed by atoms with Crippen LogP contribution in [0.25, 0.3) is 0 Å². The summed E-state index contributed by atoms with van der Waals surface area (Å²) >= 11 is 1.61. The van der Waals surface area contributed by atoms with Gasteiger partial charge in [0.1, 0.15) is 5.01 Å². The molecule has 0 bridgehead atoms. The van der Waals surface area contributed by atoms with E-state index in [4.69, 9.17) is 5.11 Å². The first-order chi connectivity index (χ1) is 8.77. The van der Waals surface area contributed by atoms with Crippen molar-refractivity contribution in [3.8, 4) is 0 Å². The maximum absolute atomic E-state index is 11.0. The molecule has 1 heterocycles. The Morgan fingerprint density at radius 1 is 1.39 bits per heavy atom. The van der Waals surface area contributed by atoms with Crippen LogP contribution in [0.3, 0.4) is 0 Å². The van der Waals surface area contributed by atoms with E-state index >= 15 is 0 Å². The van der Waals surface area contributed by atoms with E-state index in [2.05, 4.69) is 10.3 Å². The van der Waals surface area contributed by atoms with Crippen LogP contribution < -0.4 is 5.32 Å². The minimum absolute atomic E-state index is 0.383. The van der Waals surface area contributed by atoms with Crippen LogP contribution in [-0.4, -0.2) is 22.6 Å². The van der Waals surface area contributed by atoms with Crippen LogP contribution in [-0.2, 0) is 13.0 Å². The SMILES string of the molecule is O=C(O)c1ccccc1CCNCc1nccs1. The molecule has 0 saturated carbocycles. The second-order valence-corrected chi connectivity index (χ2v) is 4.79. The van der Waals surface area contributed by atoms with E-state index in [1.807, 2.05) is 17.5 Å². The lowest BCUT2D eigenvalue weighted by Crippen LogP contribution is -2.17. The zero-order valence-corrected chi connectivity index (χ0v) is 10.6. The Labute approximate surface area is 109 Å². The smallest absolute Gasteiger partial charge is 0.335 e. The average Bonchev–Trinajstić information content (AvgIpc) is 2.88. The summed E-state index contributed by atoms with van der Waals surface area (Å²) in [5.74, 6) is -0.870. The number of nitrogens with one attached hydrogen (secondary N) is 1. The minimum atomic E-state index is -0.870. The van der Waals surface area contributed by atoms with Crippen LogP contribution in [0.4, 0.5) is 0 Å². The van der Waals surface area contributed by atoms with Gasteiger partial charge in [-0.1, -0.05) is 18.2 Å². The molecule has 2 N–H and O–H groups in total. The van der Waals surface area contributed by atoms with Gasteiger partial charge in [-0.2, -0.15) is 0 Å². The quantitative estimate of drug-likeness (QED) is 0.783. The van der Waals surface area contributed by atoms with Gasteiger partial charge < -0.3 is 10.4 Å². The second-order valence-electron chi connectivity index (χ2n) is 3.81. The molecule has 0 radical (unpaired) electrons. The van der Waals surface area contributed by atoms with Crippen molar-refractivity contribution in [1.29, 1.82) is 0 Å². The summed E-state index contributed by atoms with van der Waals surface area (Å²) in [6, 6.07) is 7.10. The van der Waals surface area contributed by atoms with Crippen LogP contribution in [0, 0.1) is 0 Å². The van der Waals surface area contributed by atoms with Gasteiger partial charge in [0.05, 0.1) is 5.56 Å².